The maximum atomic E-state index is 3.62. The largest absolute Gasteiger partial charge is 0.314 e. The predicted molar refractivity (Wildman–Crippen MR) is 83.4 cm³/mol. The molecule has 1 atom stereocenters. The number of rotatable bonds is 5. The van der Waals surface area contributed by atoms with Gasteiger partial charge in [0.15, 0.2) is 0 Å². The SMILES string of the molecule is CC1CCC(CN2CCCC(CNC(C)C)C2)CC1. The van der Waals surface area contributed by atoms with Gasteiger partial charge in [-0.05, 0) is 56.5 Å². The highest BCUT2D eigenvalue weighted by molar-refractivity contribution is 4.79. The minimum Gasteiger partial charge on any atom is -0.314 e. The maximum absolute atomic E-state index is 3.62. The van der Waals surface area contributed by atoms with Crippen LogP contribution in [0.2, 0.25) is 0 Å². The third-order valence-electron chi connectivity index (χ3n) is 5.07. The van der Waals surface area contributed by atoms with Gasteiger partial charge in [-0.2, -0.15) is 0 Å². The molecule has 19 heavy (non-hydrogen) atoms. The van der Waals surface area contributed by atoms with Gasteiger partial charge in [-0.1, -0.05) is 33.6 Å². The van der Waals surface area contributed by atoms with Gasteiger partial charge in [0.25, 0.3) is 0 Å². The van der Waals surface area contributed by atoms with E-state index in [1.54, 1.807) is 0 Å². The van der Waals surface area contributed by atoms with Crippen LogP contribution in [-0.4, -0.2) is 37.1 Å². The molecule has 1 heterocycles. The molecule has 1 aliphatic carbocycles. The van der Waals surface area contributed by atoms with Crippen LogP contribution in [0.3, 0.4) is 0 Å². The van der Waals surface area contributed by atoms with Crippen molar-refractivity contribution in [3.05, 3.63) is 0 Å². The van der Waals surface area contributed by atoms with Gasteiger partial charge in [0.2, 0.25) is 0 Å². The Kier molecular flexibility index (Phi) is 6.15. The van der Waals surface area contributed by atoms with E-state index < -0.39 is 0 Å². The van der Waals surface area contributed by atoms with Crippen LogP contribution in [0, 0.1) is 17.8 Å². The molecule has 0 bridgehead atoms. The molecule has 0 spiro atoms. The Morgan fingerprint density at radius 3 is 2.47 bits per heavy atom. The minimum atomic E-state index is 0.634. The van der Waals surface area contributed by atoms with Crippen molar-refractivity contribution in [2.24, 2.45) is 17.8 Å². The number of piperidine rings is 1. The molecule has 1 saturated carbocycles. The monoisotopic (exact) mass is 266 g/mol. The first-order valence-corrected chi connectivity index (χ1v) is 8.59. The minimum absolute atomic E-state index is 0.634. The van der Waals surface area contributed by atoms with Crippen molar-refractivity contribution in [3.8, 4) is 0 Å². The fourth-order valence-corrected chi connectivity index (χ4v) is 3.76. The molecule has 2 rings (SSSR count). The number of nitrogens with zero attached hydrogens (tertiary/aromatic N) is 1. The molecule has 1 unspecified atom stereocenters. The summed E-state index contributed by atoms with van der Waals surface area (Å²) < 4.78 is 0. The lowest BCUT2D eigenvalue weighted by molar-refractivity contribution is 0.129. The molecule has 0 aromatic rings. The molecular formula is C17H34N2. The quantitative estimate of drug-likeness (QED) is 0.819. The van der Waals surface area contributed by atoms with Crippen molar-refractivity contribution >= 4 is 0 Å². The molecule has 1 aliphatic heterocycles. The average Bonchev–Trinajstić information content (AvgIpc) is 2.40. The standard InChI is InChI=1S/C17H34N2/c1-14(2)18-11-17-5-4-10-19(13-17)12-16-8-6-15(3)7-9-16/h14-18H,4-13H2,1-3H3. The highest BCUT2D eigenvalue weighted by Gasteiger charge is 2.24. The van der Waals surface area contributed by atoms with Gasteiger partial charge in [-0.3, -0.25) is 0 Å². The Labute approximate surface area is 120 Å². The first kappa shape index (κ1) is 15.3. The van der Waals surface area contributed by atoms with Gasteiger partial charge in [0.1, 0.15) is 0 Å². The maximum Gasteiger partial charge on any atom is 0.00219 e. The summed E-state index contributed by atoms with van der Waals surface area (Å²) in [5.74, 6) is 2.87. The van der Waals surface area contributed by atoms with E-state index in [-0.39, 0.29) is 0 Å². The summed E-state index contributed by atoms with van der Waals surface area (Å²) in [6.45, 7) is 12.2. The number of nitrogens with one attached hydrogen (secondary N) is 1. The van der Waals surface area contributed by atoms with Gasteiger partial charge in [-0.25, -0.2) is 0 Å². The Balaban J connectivity index is 1.68. The Bertz CT molecular complexity index is 244. The summed E-state index contributed by atoms with van der Waals surface area (Å²) in [5.41, 5.74) is 0. The second-order valence-electron chi connectivity index (χ2n) is 7.46. The van der Waals surface area contributed by atoms with E-state index in [0.29, 0.717) is 6.04 Å². The van der Waals surface area contributed by atoms with E-state index >= 15 is 0 Å². The normalized spacial score (nSPS) is 33.8. The molecule has 0 radical (unpaired) electrons. The Morgan fingerprint density at radius 1 is 1.05 bits per heavy atom. The van der Waals surface area contributed by atoms with Crippen LogP contribution >= 0.6 is 0 Å². The molecule has 2 aliphatic rings. The van der Waals surface area contributed by atoms with E-state index in [9.17, 15) is 0 Å². The lowest BCUT2D eigenvalue weighted by Crippen LogP contribution is -2.43. The second-order valence-corrected chi connectivity index (χ2v) is 7.46. The van der Waals surface area contributed by atoms with Crippen molar-refractivity contribution in [1.29, 1.82) is 0 Å². The van der Waals surface area contributed by atoms with Gasteiger partial charge in [0, 0.05) is 19.1 Å². The zero-order valence-corrected chi connectivity index (χ0v) is 13.3. The van der Waals surface area contributed by atoms with Crippen LogP contribution in [0.4, 0.5) is 0 Å². The molecule has 1 N–H and O–H groups in total. The summed E-state index contributed by atoms with van der Waals surface area (Å²) in [6, 6.07) is 0.634. The van der Waals surface area contributed by atoms with Crippen molar-refractivity contribution in [3.63, 3.8) is 0 Å². The van der Waals surface area contributed by atoms with Gasteiger partial charge in [-0.15, -0.1) is 0 Å². The van der Waals surface area contributed by atoms with Crippen LogP contribution in [0.15, 0.2) is 0 Å². The Morgan fingerprint density at radius 2 is 1.79 bits per heavy atom. The lowest BCUT2D eigenvalue weighted by Gasteiger charge is -2.37. The fourth-order valence-electron chi connectivity index (χ4n) is 3.76. The molecular weight excluding hydrogens is 232 g/mol. The molecule has 1 saturated heterocycles. The number of hydrogen-bond acceptors (Lipinski definition) is 2. The summed E-state index contributed by atoms with van der Waals surface area (Å²) in [7, 11) is 0. The van der Waals surface area contributed by atoms with E-state index in [4.69, 9.17) is 0 Å². The third-order valence-corrected chi connectivity index (χ3v) is 5.07. The fraction of sp³-hybridized carbons (Fsp3) is 1.00. The molecule has 0 amide bonds. The van der Waals surface area contributed by atoms with E-state index in [0.717, 1.165) is 17.8 Å². The first-order chi connectivity index (χ1) is 9.13. The van der Waals surface area contributed by atoms with Crippen LogP contribution < -0.4 is 5.32 Å². The van der Waals surface area contributed by atoms with E-state index in [1.807, 2.05) is 0 Å². The number of likely N-dealkylation sites (tertiary alicyclic amines) is 1. The molecule has 2 fully saturated rings. The van der Waals surface area contributed by atoms with Gasteiger partial charge >= 0.3 is 0 Å². The smallest absolute Gasteiger partial charge is 0.00219 e. The molecule has 112 valence electrons. The zero-order chi connectivity index (χ0) is 13.7. The summed E-state index contributed by atoms with van der Waals surface area (Å²) >= 11 is 0. The van der Waals surface area contributed by atoms with Crippen LogP contribution in [0.1, 0.15) is 59.3 Å². The van der Waals surface area contributed by atoms with Crippen LogP contribution in [-0.2, 0) is 0 Å². The summed E-state index contributed by atoms with van der Waals surface area (Å²) in [4.78, 5) is 2.76. The molecule has 0 aromatic carbocycles. The van der Waals surface area contributed by atoms with Crippen molar-refractivity contribution < 1.29 is 0 Å². The topological polar surface area (TPSA) is 15.3 Å². The third kappa shape index (κ3) is 5.43. The highest BCUT2D eigenvalue weighted by atomic mass is 15.1. The summed E-state index contributed by atoms with van der Waals surface area (Å²) in [6.07, 6.45) is 8.73. The van der Waals surface area contributed by atoms with Gasteiger partial charge in [0.05, 0.1) is 0 Å². The second kappa shape index (κ2) is 7.64. The molecule has 0 aromatic heterocycles. The van der Waals surface area contributed by atoms with Crippen LogP contribution in [0.25, 0.3) is 0 Å². The predicted octanol–water partition coefficient (Wildman–Crippen LogP) is 3.52. The van der Waals surface area contributed by atoms with Crippen LogP contribution in [0.5, 0.6) is 0 Å². The van der Waals surface area contributed by atoms with Crippen molar-refractivity contribution in [2.45, 2.75) is 65.3 Å². The van der Waals surface area contributed by atoms with E-state index in [1.165, 1.54) is 64.7 Å². The summed E-state index contributed by atoms with van der Waals surface area (Å²) in [5, 5.41) is 3.62. The van der Waals surface area contributed by atoms with Gasteiger partial charge < -0.3 is 10.2 Å². The average molecular weight is 266 g/mol. The van der Waals surface area contributed by atoms with Crippen molar-refractivity contribution in [1.82, 2.24) is 10.2 Å². The lowest BCUT2D eigenvalue weighted by atomic mass is 9.82. The highest BCUT2D eigenvalue weighted by Crippen LogP contribution is 2.29. The first-order valence-electron chi connectivity index (χ1n) is 8.59. The van der Waals surface area contributed by atoms with E-state index in [2.05, 4.69) is 31.0 Å². The molecule has 2 nitrogen and oxygen atoms in total. The zero-order valence-electron chi connectivity index (χ0n) is 13.3. The van der Waals surface area contributed by atoms with Crippen molar-refractivity contribution in [2.75, 3.05) is 26.2 Å². The Hall–Kier alpha value is -0.0800. The number of hydrogen-bond donors (Lipinski definition) is 1. The molecule has 2 heteroatoms.